The van der Waals surface area contributed by atoms with E-state index < -0.39 is 6.09 Å². The number of alkyl carbamates (subject to hydrolysis) is 1. The lowest BCUT2D eigenvalue weighted by Gasteiger charge is -2.08. The molecule has 6 nitrogen and oxygen atoms in total. The molecule has 0 bridgehead atoms. The summed E-state index contributed by atoms with van der Waals surface area (Å²) in [5.74, 6) is 0. The number of rotatable bonds is 11. The van der Waals surface area contributed by atoms with Crippen molar-refractivity contribution in [2.75, 3.05) is 6.61 Å². The first-order chi connectivity index (χ1) is 13.2. The Hall–Kier alpha value is -2.02. The van der Waals surface area contributed by atoms with Gasteiger partial charge in [0.25, 0.3) is 0 Å². The minimum absolute atomic E-state index is 0.164. The zero-order chi connectivity index (χ0) is 19.3. The van der Waals surface area contributed by atoms with Gasteiger partial charge in [0.1, 0.15) is 5.52 Å². The third-order valence-corrected chi connectivity index (χ3v) is 4.76. The fourth-order valence-electron chi connectivity index (χ4n) is 2.95. The highest BCUT2D eigenvalue weighted by Gasteiger charge is 2.11. The zero-order valence-electron chi connectivity index (χ0n) is 16.2. The lowest BCUT2D eigenvalue weighted by Crippen LogP contribution is -2.35. The Kier molecular flexibility index (Phi) is 9.76. The van der Waals surface area contributed by atoms with E-state index in [1.807, 2.05) is 24.3 Å². The fourth-order valence-corrected chi connectivity index (χ4v) is 3.17. The first-order valence-corrected chi connectivity index (χ1v) is 10.4. The van der Waals surface area contributed by atoms with Gasteiger partial charge in [-0.1, -0.05) is 82.1 Å². The number of carbonyl (C=O) groups excluding carboxylic acids is 1. The Bertz CT molecular complexity index is 717. The van der Waals surface area contributed by atoms with Crippen LogP contribution in [0.1, 0.15) is 71.1 Å². The van der Waals surface area contributed by atoms with Gasteiger partial charge >= 0.3 is 6.09 Å². The molecule has 0 fully saturated rings. The molecule has 1 aromatic heterocycles. The number of nitrogens with one attached hydrogen (secondary N) is 1. The average Bonchev–Trinajstić information content (AvgIpc) is 3.10. The summed E-state index contributed by atoms with van der Waals surface area (Å²) in [6.07, 6.45) is 11.9. The Balaban J connectivity index is 1.53. The van der Waals surface area contributed by atoms with E-state index in [2.05, 4.69) is 22.6 Å². The van der Waals surface area contributed by atoms with Crippen LogP contribution in [-0.2, 0) is 4.74 Å². The van der Waals surface area contributed by atoms with Crippen LogP contribution in [0.25, 0.3) is 11.0 Å². The summed E-state index contributed by atoms with van der Waals surface area (Å²) in [6, 6.07) is 7.43. The van der Waals surface area contributed by atoms with E-state index in [1.54, 1.807) is 0 Å². The van der Waals surface area contributed by atoms with E-state index in [9.17, 15) is 4.79 Å². The minimum Gasteiger partial charge on any atom is -0.449 e. The molecular formula is C20H30N4O2S. The van der Waals surface area contributed by atoms with Gasteiger partial charge in [0.2, 0.25) is 5.11 Å². The van der Waals surface area contributed by atoms with Crippen molar-refractivity contribution < 1.29 is 9.53 Å². The summed E-state index contributed by atoms with van der Waals surface area (Å²) in [5.41, 5.74) is 1.47. The van der Waals surface area contributed by atoms with Gasteiger partial charge in [-0.05, 0) is 30.8 Å². The van der Waals surface area contributed by atoms with Crippen molar-refractivity contribution in [3.05, 3.63) is 24.3 Å². The molecule has 0 aliphatic rings. The summed E-state index contributed by atoms with van der Waals surface area (Å²) in [6.45, 7) is 2.65. The van der Waals surface area contributed by atoms with Gasteiger partial charge in [0.15, 0.2) is 0 Å². The number of amides is 1. The molecule has 0 saturated heterocycles. The van der Waals surface area contributed by atoms with E-state index in [-0.39, 0.29) is 5.11 Å². The van der Waals surface area contributed by atoms with Crippen molar-refractivity contribution in [2.45, 2.75) is 71.1 Å². The van der Waals surface area contributed by atoms with Gasteiger partial charge in [-0.15, -0.1) is 5.10 Å². The molecule has 0 saturated carbocycles. The molecule has 7 heteroatoms. The molecule has 0 spiro atoms. The number of nitrogens with zero attached hydrogens (tertiary/aromatic N) is 3. The SMILES string of the molecule is CCCCCCCCCCCCOC(=O)NC(=S)n1nnc2ccccc21. The fraction of sp³-hybridized carbons (Fsp3) is 0.600. The van der Waals surface area contributed by atoms with Crippen molar-refractivity contribution in [1.82, 2.24) is 20.3 Å². The highest BCUT2D eigenvalue weighted by Crippen LogP contribution is 2.11. The molecule has 2 aromatic rings. The summed E-state index contributed by atoms with van der Waals surface area (Å²) >= 11 is 5.21. The average molecular weight is 391 g/mol. The Morgan fingerprint density at radius 2 is 1.67 bits per heavy atom. The number of benzene rings is 1. The van der Waals surface area contributed by atoms with Crippen LogP contribution in [0.2, 0.25) is 0 Å². The molecule has 27 heavy (non-hydrogen) atoms. The normalized spacial score (nSPS) is 10.9. The van der Waals surface area contributed by atoms with Crippen molar-refractivity contribution in [1.29, 1.82) is 0 Å². The van der Waals surface area contributed by atoms with Crippen molar-refractivity contribution >= 4 is 34.5 Å². The van der Waals surface area contributed by atoms with Crippen LogP contribution in [0.5, 0.6) is 0 Å². The quantitative estimate of drug-likeness (QED) is 0.421. The third-order valence-electron chi connectivity index (χ3n) is 4.48. The number of hydrogen-bond donors (Lipinski definition) is 1. The van der Waals surface area contributed by atoms with E-state index in [0.717, 1.165) is 23.9 Å². The van der Waals surface area contributed by atoms with Crippen molar-refractivity contribution in [3.8, 4) is 0 Å². The highest BCUT2D eigenvalue weighted by atomic mass is 32.1. The van der Waals surface area contributed by atoms with Crippen LogP contribution in [0.4, 0.5) is 4.79 Å². The molecule has 0 aliphatic carbocycles. The molecule has 1 N–H and O–H groups in total. The van der Waals surface area contributed by atoms with Crippen LogP contribution < -0.4 is 5.32 Å². The lowest BCUT2D eigenvalue weighted by molar-refractivity contribution is 0.149. The van der Waals surface area contributed by atoms with Crippen molar-refractivity contribution in [3.63, 3.8) is 0 Å². The number of unbranched alkanes of at least 4 members (excludes halogenated alkanes) is 9. The van der Waals surface area contributed by atoms with Gasteiger partial charge in [-0.25, -0.2) is 4.79 Å². The van der Waals surface area contributed by atoms with E-state index in [1.165, 1.54) is 56.0 Å². The maximum absolute atomic E-state index is 11.9. The topological polar surface area (TPSA) is 69.0 Å². The second kappa shape index (κ2) is 12.4. The van der Waals surface area contributed by atoms with Crippen LogP contribution in [-0.4, -0.2) is 32.8 Å². The second-order valence-electron chi connectivity index (χ2n) is 6.74. The Morgan fingerprint density at radius 3 is 2.37 bits per heavy atom. The summed E-state index contributed by atoms with van der Waals surface area (Å²) in [5, 5.41) is 10.7. The molecule has 1 heterocycles. The van der Waals surface area contributed by atoms with E-state index in [4.69, 9.17) is 17.0 Å². The van der Waals surface area contributed by atoms with Gasteiger partial charge in [0.05, 0.1) is 12.1 Å². The molecule has 148 valence electrons. The molecule has 0 atom stereocenters. The Labute approximate surface area is 166 Å². The van der Waals surface area contributed by atoms with Crippen LogP contribution in [0, 0.1) is 0 Å². The number of carbonyl (C=O) groups is 1. The third kappa shape index (κ3) is 7.62. The number of fused-ring (bicyclic) bond motifs is 1. The van der Waals surface area contributed by atoms with Gasteiger partial charge in [-0.3, -0.25) is 5.32 Å². The zero-order valence-corrected chi connectivity index (χ0v) is 17.0. The maximum atomic E-state index is 11.9. The Morgan fingerprint density at radius 1 is 1.04 bits per heavy atom. The molecule has 1 amide bonds. The summed E-state index contributed by atoms with van der Waals surface area (Å²) in [7, 11) is 0. The molecule has 0 radical (unpaired) electrons. The first-order valence-electron chi connectivity index (χ1n) is 10.0. The number of thiocarbonyl (C=S) groups is 1. The van der Waals surface area contributed by atoms with Gasteiger partial charge in [-0.2, -0.15) is 4.68 Å². The predicted octanol–water partition coefficient (Wildman–Crippen LogP) is 5.21. The molecule has 0 aliphatic heterocycles. The lowest BCUT2D eigenvalue weighted by atomic mass is 10.1. The first kappa shape index (κ1) is 21.3. The number of aromatic nitrogens is 3. The van der Waals surface area contributed by atoms with E-state index >= 15 is 0 Å². The standard InChI is InChI=1S/C20H30N4O2S/c1-2-3-4-5-6-7-8-9-10-13-16-26-20(25)21-19(27)24-18-15-12-11-14-17(18)22-23-24/h11-12,14-15H,2-10,13,16H2,1H3,(H,21,25,27). The smallest absolute Gasteiger partial charge is 0.413 e. The second-order valence-corrected chi connectivity index (χ2v) is 7.12. The summed E-state index contributed by atoms with van der Waals surface area (Å²) < 4.78 is 6.62. The summed E-state index contributed by atoms with van der Waals surface area (Å²) in [4.78, 5) is 11.9. The molecule has 1 aromatic carbocycles. The van der Waals surface area contributed by atoms with Crippen LogP contribution in [0.3, 0.4) is 0 Å². The monoisotopic (exact) mass is 390 g/mol. The molecular weight excluding hydrogens is 360 g/mol. The van der Waals surface area contributed by atoms with Crippen molar-refractivity contribution in [2.24, 2.45) is 0 Å². The van der Waals surface area contributed by atoms with E-state index in [0.29, 0.717) is 6.61 Å². The van der Waals surface area contributed by atoms with Gasteiger partial charge < -0.3 is 4.74 Å². The van der Waals surface area contributed by atoms with Crippen LogP contribution in [0.15, 0.2) is 24.3 Å². The largest absolute Gasteiger partial charge is 0.449 e. The number of hydrogen-bond acceptors (Lipinski definition) is 5. The minimum atomic E-state index is -0.546. The van der Waals surface area contributed by atoms with Crippen LogP contribution >= 0.6 is 12.2 Å². The molecule has 0 unspecified atom stereocenters. The van der Waals surface area contributed by atoms with Gasteiger partial charge in [0, 0.05) is 0 Å². The number of ether oxygens (including phenoxy) is 1. The molecule has 2 rings (SSSR count). The predicted molar refractivity (Wildman–Crippen MR) is 112 cm³/mol. The number of para-hydroxylation sites is 1. The maximum Gasteiger partial charge on any atom is 0.413 e. The highest BCUT2D eigenvalue weighted by molar-refractivity contribution is 7.80.